The first-order chi connectivity index (χ1) is 8.04. The second-order valence-corrected chi connectivity index (χ2v) is 3.83. The number of primary amides is 1. The van der Waals surface area contributed by atoms with E-state index in [0.717, 1.165) is 0 Å². The number of H-pyrrole nitrogens is 1. The highest BCUT2D eigenvalue weighted by Gasteiger charge is 2.43. The van der Waals surface area contributed by atoms with Crippen molar-refractivity contribution in [3.05, 3.63) is 17.5 Å². The number of carbonyl (C=O) groups is 1. The van der Waals surface area contributed by atoms with E-state index in [-0.39, 0.29) is 5.69 Å². The zero-order valence-corrected chi connectivity index (χ0v) is 8.78. The lowest BCUT2D eigenvalue weighted by Crippen LogP contribution is -2.32. The van der Waals surface area contributed by atoms with Crippen LogP contribution < -0.4 is 5.73 Å². The highest BCUT2D eigenvalue weighted by molar-refractivity contribution is 5.90. The second-order valence-electron chi connectivity index (χ2n) is 3.83. The van der Waals surface area contributed by atoms with Gasteiger partial charge in [-0.2, -0.15) is 5.10 Å². The lowest BCUT2D eigenvalue weighted by molar-refractivity contribution is -0.0239. The summed E-state index contributed by atoms with van der Waals surface area (Å²) in [6, 6.07) is 1.34. The Morgan fingerprint density at radius 1 is 1.53 bits per heavy atom. The second kappa shape index (κ2) is 4.41. The minimum absolute atomic E-state index is 0.0118. The van der Waals surface area contributed by atoms with Gasteiger partial charge < -0.3 is 25.8 Å². The molecule has 1 aromatic rings. The normalized spacial score (nSPS) is 32.9. The van der Waals surface area contributed by atoms with Crippen LogP contribution in [0.3, 0.4) is 0 Å². The average molecular weight is 243 g/mol. The highest BCUT2D eigenvalue weighted by Crippen LogP contribution is 2.32. The molecule has 17 heavy (non-hydrogen) atoms. The zero-order chi connectivity index (χ0) is 12.6. The fourth-order valence-corrected chi connectivity index (χ4v) is 1.77. The first-order valence-corrected chi connectivity index (χ1v) is 5.02. The number of aromatic amines is 1. The molecule has 0 aromatic carbocycles. The van der Waals surface area contributed by atoms with Crippen molar-refractivity contribution in [2.75, 3.05) is 6.61 Å². The van der Waals surface area contributed by atoms with Crippen LogP contribution in [-0.2, 0) is 4.74 Å². The van der Waals surface area contributed by atoms with Crippen molar-refractivity contribution >= 4 is 5.91 Å². The third kappa shape index (κ3) is 2.03. The highest BCUT2D eigenvalue weighted by atomic mass is 16.6. The monoisotopic (exact) mass is 243 g/mol. The molecule has 0 bridgehead atoms. The molecule has 0 aliphatic carbocycles. The molecule has 0 saturated carbocycles. The number of amides is 1. The summed E-state index contributed by atoms with van der Waals surface area (Å²) in [5.41, 5.74) is 5.36. The largest absolute Gasteiger partial charge is 0.394 e. The van der Waals surface area contributed by atoms with Gasteiger partial charge in [0.15, 0.2) is 0 Å². The third-order valence-electron chi connectivity index (χ3n) is 2.70. The Bertz CT molecular complexity index is 421. The van der Waals surface area contributed by atoms with Gasteiger partial charge in [-0.25, -0.2) is 0 Å². The SMILES string of the molecule is NC(=O)c1cc([C@@H]2O[C@H](CO)[C@H](O)C2O)[nH]n1. The van der Waals surface area contributed by atoms with Gasteiger partial charge in [0.1, 0.15) is 30.1 Å². The lowest BCUT2D eigenvalue weighted by Gasteiger charge is -2.11. The predicted molar refractivity (Wildman–Crippen MR) is 53.8 cm³/mol. The predicted octanol–water partition coefficient (Wildman–Crippen LogP) is -2.34. The van der Waals surface area contributed by atoms with Crippen molar-refractivity contribution < 1.29 is 24.9 Å². The fourth-order valence-electron chi connectivity index (χ4n) is 1.77. The van der Waals surface area contributed by atoms with Crippen LogP contribution in [0.1, 0.15) is 22.3 Å². The van der Waals surface area contributed by atoms with Gasteiger partial charge in [0.2, 0.25) is 0 Å². The number of nitrogens with two attached hydrogens (primary N) is 1. The number of nitrogens with one attached hydrogen (secondary N) is 1. The van der Waals surface area contributed by atoms with Crippen molar-refractivity contribution in [1.29, 1.82) is 0 Å². The van der Waals surface area contributed by atoms with E-state index in [0.29, 0.717) is 5.69 Å². The topological polar surface area (TPSA) is 142 Å². The van der Waals surface area contributed by atoms with Gasteiger partial charge in [-0.1, -0.05) is 0 Å². The van der Waals surface area contributed by atoms with Crippen LogP contribution in [0, 0.1) is 0 Å². The average Bonchev–Trinajstić information content (AvgIpc) is 2.87. The van der Waals surface area contributed by atoms with Crippen molar-refractivity contribution in [3.63, 3.8) is 0 Å². The van der Waals surface area contributed by atoms with E-state index in [1.807, 2.05) is 0 Å². The summed E-state index contributed by atoms with van der Waals surface area (Å²) in [6.45, 7) is -0.411. The molecule has 8 nitrogen and oxygen atoms in total. The Morgan fingerprint density at radius 2 is 2.24 bits per heavy atom. The standard InChI is InChI=1S/C9H13N3O5/c10-9(16)4-1-3(11-12-4)8-7(15)6(14)5(2-13)17-8/h1,5-8,13-15H,2H2,(H2,10,16)(H,11,12)/t5-,6+,7?,8+/m1/s1. The summed E-state index contributed by atoms with van der Waals surface area (Å²) < 4.78 is 5.24. The van der Waals surface area contributed by atoms with Crippen LogP contribution in [-0.4, -0.2) is 56.3 Å². The molecule has 0 radical (unpaired) electrons. The molecule has 4 atom stereocenters. The van der Waals surface area contributed by atoms with E-state index in [9.17, 15) is 15.0 Å². The van der Waals surface area contributed by atoms with Gasteiger partial charge in [0.25, 0.3) is 5.91 Å². The number of hydrogen-bond donors (Lipinski definition) is 5. The summed E-state index contributed by atoms with van der Waals surface area (Å²) in [5, 5.41) is 34.3. The van der Waals surface area contributed by atoms with Gasteiger partial charge in [-0.3, -0.25) is 9.89 Å². The van der Waals surface area contributed by atoms with Crippen molar-refractivity contribution in [3.8, 4) is 0 Å². The maximum absolute atomic E-state index is 10.8. The summed E-state index contributed by atoms with van der Waals surface area (Å²) in [7, 11) is 0. The van der Waals surface area contributed by atoms with Gasteiger partial charge in [0.05, 0.1) is 12.3 Å². The Morgan fingerprint density at radius 3 is 2.71 bits per heavy atom. The molecule has 1 saturated heterocycles. The molecule has 1 amide bonds. The number of rotatable bonds is 3. The van der Waals surface area contributed by atoms with Crippen LogP contribution in [0.2, 0.25) is 0 Å². The Hall–Kier alpha value is -1.48. The molecule has 2 rings (SSSR count). The number of carbonyl (C=O) groups excluding carboxylic acids is 1. The van der Waals surface area contributed by atoms with E-state index >= 15 is 0 Å². The molecular weight excluding hydrogens is 230 g/mol. The number of aromatic nitrogens is 2. The van der Waals surface area contributed by atoms with Gasteiger partial charge in [-0.05, 0) is 6.07 Å². The summed E-state index contributed by atoms with van der Waals surface area (Å²) in [4.78, 5) is 10.8. The molecule has 6 N–H and O–H groups in total. The van der Waals surface area contributed by atoms with E-state index < -0.39 is 36.9 Å². The van der Waals surface area contributed by atoms with E-state index in [1.54, 1.807) is 0 Å². The third-order valence-corrected chi connectivity index (χ3v) is 2.70. The van der Waals surface area contributed by atoms with Crippen LogP contribution in [0.15, 0.2) is 6.07 Å². The molecule has 94 valence electrons. The lowest BCUT2D eigenvalue weighted by atomic mass is 10.1. The number of aliphatic hydroxyl groups is 3. The quantitative estimate of drug-likeness (QED) is 0.403. The maximum atomic E-state index is 10.8. The van der Waals surface area contributed by atoms with Gasteiger partial charge >= 0.3 is 0 Å². The summed E-state index contributed by atoms with van der Waals surface area (Å²) in [6.07, 6.45) is -4.13. The van der Waals surface area contributed by atoms with Gasteiger partial charge in [-0.15, -0.1) is 0 Å². The number of nitrogens with zero attached hydrogens (tertiary/aromatic N) is 1. The smallest absolute Gasteiger partial charge is 0.269 e. The maximum Gasteiger partial charge on any atom is 0.269 e. The van der Waals surface area contributed by atoms with Crippen LogP contribution >= 0.6 is 0 Å². The number of aliphatic hydroxyl groups excluding tert-OH is 3. The van der Waals surface area contributed by atoms with E-state index in [2.05, 4.69) is 10.2 Å². The molecule has 0 spiro atoms. The number of hydrogen-bond acceptors (Lipinski definition) is 6. The van der Waals surface area contributed by atoms with Crippen LogP contribution in [0.25, 0.3) is 0 Å². The van der Waals surface area contributed by atoms with E-state index in [1.165, 1.54) is 6.07 Å². The number of ether oxygens (including phenoxy) is 1. The molecule has 8 heteroatoms. The van der Waals surface area contributed by atoms with Crippen LogP contribution in [0.4, 0.5) is 0 Å². The minimum atomic E-state index is -1.20. The molecule has 2 heterocycles. The Labute approximate surface area is 96.0 Å². The molecular formula is C9H13N3O5. The summed E-state index contributed by atoms with van der Waals surface area (Å²) >= 11 is 0. The fraction of sp³-hybridized carbons (Fsp3) is 0.556. The zero-order valence-electron chi connectivity index (χ0n) is 8.78. The Balaban J connectivity index is 2.19. The van der Waals surface area contributed by atoms with Crippen molar-refractivity contribution in [2.45, 2.75) is 24.4 Å². The first-order valence-electron chi connectivity index (χ1n) is 5.02. The van der Waals surface area contributed by atoms with E-state index in [4.69, 9.17) is 15.6 Å². The van der Waals surface area contributed by atoms with Crippen molar-refractivity contribution in [2.24, 2.45) is 5.73 Å². The molecule has 1 aromatic heterocycles. The van der Waals surface area contributed by atoms with Crippen molar-refractivity contribution in [1.82, 2.24) is 10.2 Å². The molecule has 1 aliphatic heterocycles. The molecule has 1 fully saturated rings. The van der Waals surface area contributed by atoms with Gasteiger partial charge in [0, 0.05) is 0 Å². The van der Waals surface area contributed by atoms with Crippen LogP contribution in [0.5, 0.6) is 0 Å². The first kappa shape index (κ1) is 12.0. The molecule has 1 aliphatic rings. The minimum Gasteiger partial charge on any atom is -0.394 e. The Kier molecular flexibility index (Phi) is 3.11. The summed E-state index contributed by atoms with van der Waals surface area (Å²) in [5.74, 6) is -0.709. The molecule has 1 unspecified atom stereocenters.